The highest BCUT2D eigenvalue weighted by Gasteiger charge is 2.12. The fourth-order valence-corrected chi connectivity index (χ4v) is 2.54. The van der Waals surface area contributed by atoms with Gasteiger partial charge >= 0.3 is 0 Å². The number of ether oxygens (including phenoxy) is 4. The van der Waals surface area contributed by atoms with Gasteiger partial charge in [0.25, 0.3) is 0 Å². The highest BCUT2D eigenvalue weighted by molar-refractivity contribution is 5.96. The molecule has 0 spiro atoms. The van der Waals surface area contributed by atoms with Crippen molar-refractivity contribution >= 4 is 11.6 Å². The van der Waals surface area contributed by atoms with Gasteiger partial charge in [-0.15, -0.1) is 0 Å². The Bertz CT molecular complexity index is 960. The van der Waals surface area contributed by atoms with E-state index >= 15 is 0 Å². The first kappa shape index (κ1) is 20.0. The Hall–Kier alpha value is -3.73. The summed E-state index contributed by atoms with van der Waals surface area (Å²) in [6, 6.07) is 24.5. The first-order valence-electron chi connectivity index (χ1n) is 9.12. The smallest absolute Gasteiger partial charge is 0.225 e. The third-order valence-electron chi connectivity index (χ3n) is 4.02. The molecule has 0 aromatic heterocycles. The van der Waals surface area contributed by atoms with Gasteiger partial charge in [0.2, 0.25) is 11.6 Å². The van der Waals surface area contributed by atoms with Gasteiger partial charge in [0.1, 0.15) is 5.75 Å². The van der Waals surface area contributed by atoms with Gasteiger partial charge in [-0.3, -0.25) is 0 Å². The first-order chi connectivity index (χ1) is 14.2. The second-order valence-corrected chi connectivity index (χ2v) is 6.08. The Labute approximate surface area is 170 Å². The zero-order valence-corrected chi connectivity index (χ0v) is 16.7. The normalized spacial score (nSPS) is 11.7. The Morgan fingerprint density at radius 2 is 1.34 bits per heavy atom. The van der Waals surface area contributed by atoms with Crippen LogP contribution in [-0.4, -0.2) is 20.1 Å². The minimum absolute atomic E-state index is 0.427. The number of aliphatic imine (C=N–C) groups is 1. The van der Waals surface area contributed by atoms with Gasteiger partial charge in [-0.1, -0.05) is 42.5 Å². The molecule has 0 N–H and O–H groups in total. The van der Waals surface area contributed by atoms with Gasteiger partial charge in [0.05, 0.1) is 26.2 Å². The van der Waals surface area contributed by atoms with E-state index in [1.54, 1.807) is 32.6 Å². The van der Waals surface area contributed by atoms with E-state index in [-0.39, 0.29) is 0 Å². The van der Waals surface area contributed by atoms with E-state index in [0.717, 1.165) is 5.69 Å². The molecule has 0 atom stereocenters. The second kappa shape index (κ2) is 9.99. The summed E-state index contributed by atoms with van der Waals surface area (Å²) in [5.74, 6) is 2.73. The Morgan fingerprint density at radius 3 is 1.93 bits per heavy atom. The van der Waals surface area contributed by atoms with Crippen LogP contribution in [0, 0.1) is 0 Å². The zero-order chi connectivity index (χ0) is 20.5. The fourth-order valence-electron chi connectivity index (χ4n) is 2.54. The number of benzene rings is 3. The van der Waals surface area contributed by atoms with E-state index in [1.807, 2.05) is 73.7 Å². The molecule has 0 amide bonds. The van der Waals surface area contributed by atoms with Crippen LogP contribution >= 0.6 is 0 Å². The van der Waals surface area contributed by atoms with Gasteiger partial charge in [-0.2, -0.15) is 0 Å². The van der Waals surface area contributed by atoms with Crippen molar-refractivity contribution in [2.45, 2.75) is 6.92 Å². The number of methoxy groups -OCH3 is 2. The van der Waals surface area contributed by atoms with Crippen LogP contribution in [0.15, 0.2) is 95.7 Å². The maximum absolute atomic E-state index is 6.02. The molecule has 3 rings (SSSR count). The number of rotatable bonds is 7. The largest absolute Gasteiger partial charge is 0.493 e. The van der Waals surface area contributed by atoms with Crippen molar-refractivity contribution in [3.63, 3.8) is 0 Å². The predicted molar refractivity (Wildman–Crippen MR) is 115 cm³/mol. The summed E-state index contributed by atoms with van der Waals surface area (Å²) in [5, 5.41) is 0. The topological polar surface area (TPSA) is 49.3 Å². The molecule has 0 radical (unpaired) electrons. The molecule has 0 aliphatic heterocycles. The van der Waals surface area contributed by atoms with Crippen molar-refractivity contribution in [1.29, 1.82) is 0 Å². The average Bonchev–Trinajstić information content (AvgIpc) is 2.78. The van der Waals surface area contributed by atoms with Crippen molar-refractivity contribution in [1.82, 2.24) is 0 Å². The van der Waals surface area contributed by atoms with E-state index < -0.39 is 0 Å². The summed E-state index contributed by atoms with van der Waals surface area (Å²) in [6.45, 7) is 1.87. The van der Waals surface area contributed by atoms with Crippen LogP contribution in [0.3, 0.4) is 0 Å². The molecule has 0 heterocycles. The molecule has 0 saturated carbocycles. The van der Waals surface area contributed by atoms with Crippen molar-refractivity contribution in [2.75, 3.05) is 14.2 Å². The van der Waals surface area contributed by atoms with Crippen LogP contribution in [0.4, 0.5) is 5.69 Å². The van der Waals surface area contributed by atoms with Crippen LogP contribution in [0.25, 0.3) is 0 Å². The molecule has 0 fully saturated rings. The molecule has 5 heteroatoms. The lowest BCUT2D eigenvalue weighted by Gasteiger charge is -2.13. The summed E-state index contributed by atoms with van der Waals surface area (Å²) in [7, 11) is 3.16. The van der Waals surface area contributed by atoms with Crippen LogP contribution in [0.1, 0.15) is 6.92 Å². The summed E-state index contributed by atoms with van der Waals surface area (Å²) >= 11 is 0. The fraction of sp³-hybridized carbons (Fsp3) is 0.125. The second-order valence-electron chi connectivity index (χ2n) is 6.08. The Balaban J connectivity index is 1.92. The van der Waals surface area contributed by atoms with E-state index in [1.165, 1.54) is 0 Å². The lowest BCUT2D eigenvalue weighted by atomic mass is 10.3. The summed E-state index contributed by atoms with van der Waals surface area (Å²) in [5.41, 5.74) is 1.48. The molecule has 0 bridgehead atoms. The Morgan fingerprint density at radius 1 is 0.759 bits per heavy atom. The Kier molecular flexibility index (Phi) is 6.90. The van der Waals surface area contributed by atoms with Crippen molar-refractivity contribution in [3.05, 3.63) is 90.7 Å². The standard InChI is InChI=1S/C24H23NO4/c1-18(17-28-23-21(26-2)15-10-16-22(23)27-3)24(25-19-11-6-4-7-12-19)29-20-13-8-5-9-14-20/h4-17H,1-3H3/b18-17+,25-24?. The minimum Gasteiger partial charge on any atom is -0.493 e. The van der Waals surface area contributed by atoms with Gasteiger partial charge in [-0.05, 0) is 43.3 Å². The molecule has 0 aliphatic rings. The predicted octanol–water partition coefficient (Wildman–Crippen LogP) is 5.80. The lowest BCUT2D eigenvalue weighted by molar-refractivity contribution is 0.344. The van der Waals surface area contributed by atoms with E-state index in [9.17, 15) is 0 Å². The van der Waals surface area contributed by atoms with Crippen LogP contribution < -0.4 is 18.9 Å². The van der Waals surface area contributed by atoms with Crippen LogP contribution in [0.5, 0.6) is 23.0 Å². The minimum atomic E-state index is 0.427. The number of para-hydroxylation sites is 3. The lowest BCUT2D eigenvalue weighted by Crippen LogP contribution is -2.11. The molecular weight excluding hydrogens is 366 g/mol. The van der Waals surface area contributed by atoms with Crippen LogP contribution in [-0.2, 0) is 0 Å². The average molecular weight is 389 g/mol. The third kappa shape index (κ3) is 5.39. The molecule has 5 nitrogen and oxygen atoms in total. The maximum atomic E-state index is 6.02. The number of nitrogens with zero attached hydrogens (tertiary/aromatic N) is 1. The monoisotopic (exact) mass is 389 g/mol. The van der Waals surface area contributed by atoms with Gasteiger partial charge in [0.15, 0.2) is 11.5 Å². The van der Waals surface area contributed by atoms with Gasteiger partial charge < -0.3 is 18.9 Å². The van der Waals surface area contributed by atoms with Crippen molar-refractivity contribution in [2.24, 2.45) is 4.99 Å². The number of hydrogen-bond acceptors (Lipinski definition) is 5. The van der Waals surface area contributed by atoms with E-state index in [4.69, 9.17) is 18.9 Å². The van der Waals surface area contributed by atoms with E-state index in [0.29, 0.717) is 34.5 Å². The molecule has 29 heavy (non-hydrogen) atoms. The zero-order valence-electron chi connectivity index (χ0n) is 16.7. The maximum Gasteiger partial charge on any atom is 0.225 e. The highest BCUT2D eigenvalue weighted by atomic mass is 16.5. The SMILES string of the molecule is COc1cccc(OC)c1O/C=C(\C)C(=Nc1ccccc1)Oc1ccccc1. The third-order valence-corrected chi connectivity index (χ3v) is 4.02. The molecule has 0 saturated heterocycles. The van der Waals surface area contributed by atoms with E-state index in [2.05, 4.69) is 4.99 Å². The quantitative estimate of drug-likeness (QED) is 0.291. The van der Waals surface area contributed by atoms with Crippen LogP contribution in [0.2, 0.25) is 0 Å². The molecular formula is C24H23NO4. The van der Waals surface area contributed by atoms with Gasteiger partial charge in [-0.25, -0.2) is 4.99 Å². The van der Waals surface area contributed by atoms with Gasteiger partial charge in [0, 0.05) is 5.57 Å². The summed E-state index contributed by atoms with van der Waals surface area (Å²) in [6.07, 6.45) is 1.57. The summed E-state index contributed by atoms with van der Waals surface area (Å²) < 4.78 is 22.7. The van der Waals surface area contributed by atoms with Crippen molar-refractivity contribution in [3.8, 4) is 23.0 Å². The molecule has 3 aromatic rings. The molecule has 3 aromatic carbocycles. The first-order valence-corrected chi connectivity index (χ1v) is 9.12. The summed E-state index contributed by atoms with van der Waals surface area (Å²) in [4.78, 5) is 4.63. The molecule has 148 valence electrons. The highest BCUT2D eigenvalue weighted by Crippen LogP contribution is 2.37. The number of hydrogen-bond donors (Lipinski definition) is 0. The molecule has 0 aliphatic carbocycles. The molecule has 0 unspecified atom stereocenters. The van der Waals surface area contributed by atoms with Crippen molar-refractivity contribution < 1.29 is 18.9 Å².